The highest BCUT2D eigenvalue weighted by molar-refractivity contribution is 6.48. The second-order valence-electron chi connectivity index (χ2n) is 10.7. The minimum absolute atomic E-state index is 0.00869. The highest BCUT2D eigenvalue weighted by Gasteiger charge is 2.31. The van der Waals surface area contributed by atoms with Crippen LogP contribution in [-0.4, -0.2) is 51.5 Å². The minimum Gasteiger partial charge on any atom is -0.395 e. The Morgan fingerprint density at radius 2 is 1.80 bits per heavy atom. The summed E-state index contributed by atoms with van der Waals surface area (Å²) in [5, 5.41) is 9.80. The van der Waals surface area contributed by atoms with Gasteiger partial charge in [-0.1, -0.05) is 66.8 Å². The van der Waals surface area contributed by atoms with Gasteiger partial charge in [0.05, 0.1) is 48.5 Å². The third kappa shape index (κ3) is 5.38. The van der Waals surface area contributed by atoms with E-state index in [1.54, 1.807) is 23.2 Å². The van der Waals surface area contributed by atoms with Crippen LogP contribution >= 0.6 is 46.4 Å². The molecule has 0 bridgehead atoms. The van der Waals surface area contributed by atoms with E-state index in [1.165, 1.54) is 10.6 Å². The number of aromatic nitrogens is 3. The number of nitrogens with zero attached hydrogens (tertiary/aromatic N) is 6. The molecule has 9 nitrogen and oxygen atoms in total. The lowest BCUT2D eigenvalue weighted by atomic mass is 10.0. The molecule has 4 heterocycles. The number of halogens is 5. The molecular weight excluding hydrogens is 663 g/mol. The Bertz CT molecular complexity index is 1990. The van der Waals surface area contributed by atoms with Crippen LogP contribution in [0.25, 0.3) is 28.0 Å². The number of pyridine rings is 3. The monoisotopic (exact) mass is 687 g/mol. The number of nitriles is 1. The zero-order valence-electron chi connectivity index (χ0n) is 24.4. The van der Waals surface area contributed by atoms with Crippen molar-refractivity contribution in [2.45, 2.75) is 26.7 Å². The standard InChI is InChI=1S/C31H26Cl4FN7O2/c1-5-19(44)41-8-10-42(11-9-41)29-16-12-18(32)27(20-21(33)23(35)24(36)25(38)22(20)34)40-30(16)43(31(45)17(29)13-37)28-15(4)6-7-39-26(28)14(2)3/h5-7,12,14H,1,8-11,38H2,2-4H3. The number of aryl methyl sites for hydroxylation is 1. The molecule has 1 aromatic carbocycles. The number of carbonyl (C=O) groups is 1. The van der Waals surface area contributed by atoms with Crippen molar-refractivity contribution in [1.29, 1.82) is 5.26 Å². The Hall–Kier alpha value is -3.88. The first kappa shape index (κ1) is 32.5. The van der Waals surface area contributed by atoms with Crippen LogP contribution in [0.5, 0.6) is 0 Å². The fraction of sp³-hybridized carbons (Fsp3) is 0.258. The van der Waals surface area contributed by atoms with Crippen molar-refractivity contribution < 1.29 is 9.18 Å². The van der Waals surface area contributed by atoms with Crippen LogP contribution in [-0.2, 0) is 4.79 Å². The molecule has 5 rings (SSSR count). The number of hydrogen-bond acceptors (Lipinski definition) is 7. The van der Waals surface area contributed by atoms with E-state index in [1.807, 2.05) is 25.7 Å². The number of carbonyl (C=O) groups excluding carboxylic acids is 1. The van der Waals surface area contributed by atoms with Gasteiger partial charge in [-0.05, 0) is 36.6 Å². The van der Waals surface area contributed by atoms with E-state index < -0.39 is 22.1 Å². The summed E-state index contributed by atoms with van der Waals surface area (Å²) in [6.07, 6.45) is 2.88. The molecule has 1 fully saturated rings. The first-order valence-electron chi connectivity index (χ1n) is 13.8. The van der Waals surface area contributed by atoms with Crippen molar-refractivity contribution in [3.8, 4) is 23.0 Å². The average Bonchev–Trinajstić information content (AvgIpc) is 3.02. The zero-order chi connectivity index (χ0) is 32.9. The molecule has 1 aliphatic heterocycles. The van der Waals surface area contributed by atoms with E-state index in [4.69, 9.17) is 57.1 Å². The summed E-state index contributed by atoms with van der Waals surface area (Å²) >= 11 is 26.0. The van der Waals surface area contributed by atoms with Crippen LogP contribution < -0.4 is 16.2 Å². The van der Waals surface area contributed by atoms with Crippen molar-refractivity contribution in [3.05, 3.63) is 84.1 Å². The number of rotatable bonds is 5. The highest BCUT2D eigenvalue weighted by atomic mass is 35.5. The third-order valence-corrected chi connectivity index (χ3v) is 9.24. The normalized spacial score (nSPS) is 13.4. The minimum atomic E-state index is -0.994. The van der Waals surface area contributed by atoms with Crippen molar-refractivity contribution in [2.24, 2.45) is 0 Å². The zero-order valence-corrected chi connectivity index (χ0v) is 27.4. The van der Waals surface area contributed by atoms with Crippen molar-refractivity contribution in [1.82, 2.24) is 19.4 Å². The maximum atomic E-state index is 14.6. The molecule has 45 heavy (non-hydrogen) atoms. The Balaban J connectivity index is 1.93. The van der Waals surface area contributed by atoms with Gasteiger partial charge in [0.1, 0.15) is 17.3 Å². The fourth-order valence-corrected chi connectivity index (χ4v) is 6.53. The van der Waals surface area contributed by atoms with Crippen molar-refractivity contribution >= 4 is 74.7 Å². The van der Waals surface area contributed by atoms with Gasteiger partial charge in [0.2, 0.25) is 5.91 Å². The van der Waals surface area contributed by atoms with Gasteiger partial charge in [-0.3, -0.25) is 19.1 Å². The molecule has 2 N–H and O–H groups in total. The van der Waals surface area contributed by atoms with Crippen LogP contribution in [0, 0.1) is 24.1 Å². The topological polar surface area (TPSA) is 121 Å². The molecular formula is C31H26Cl4FN7O2. The van der Waals surface area contributed by atoms with Crippen molar-refractivity contribution in [2.75, 3.05) is 36.8 Å². The summed E-state index contributed by atoms with van der Waals surface area (Å²) in [4.78, 5) is 39.5. The van der Waals surface area contributed by atoms with Crippen LogP contribution in [0.2, 0.25) is 20.1 Å². The molecule has 1 saturated heterocycles. The number of hydrogen-bond donors (Lipinski definition) is 1. The summed E-state index contributed by atoms with van der Waals surface area (Å²) in [6.45, 7) is 10.5. The van der Waals surface area contributed by atoms with Crippen LogP contribution in [0.3, 0.4) is 0 Å². The molecule has 232 valence electrons. The summed E-state index contributed by atoms with van der Waals surface area (Å²) in [5.41, 5.74) is 6.81. The molecule has 4 aromatic rings. The van der Waals surface area contributed by atoms with Crippen LogP contribution in [0.15, 0.2) is 35.8 Å². The first-order valence-corrected chi connectivity index (χ1v) is 15.3. The molecule has 0 aliphatic carbocycles. The van der Waals surface area contributed by atoms with E-state index in [-0.39, 0.29) is 49.4 Å². The second-order valence-corrected chi connectivity index (χ2v) is 12.3. The lowest BCUT2D eigenvalue weighted by Gasteiger charge is -2.36. The fourth-order valence-electron chi connectivity index (χ4n) is 5.50. The number of fused-ring (bicyclic) bond motifs is 1. The Morgan fingerprint density at radius 3 is 2.40 bits per heavy atom. The molecule has 0 radical (unpaired) electrons. The number of anilines is 2. The van der Waals surface area contributed by atoms with Crippen LogP contribution in [0.4, 0.5) is 15.8 Å². The number of benzene rings is 1. The van der Waals surface area contributed by atoms with Gasteiger partial charge in [0.25, 0.3) is 5.56 Å². The summed E-state index contributed by atoms with van der Waals surface area (Å²) < 4.78 is 16.0. The van der Waals surface area contributed by atoms with E-state index in [0.717, 1.165) is 0 Å². The molecule has 0 unspecified atom stereocenters. The summed E-state index contributed by atoms with van der Waals surface area (Å²) in [6, 6.07) is 5.40. The third-order valence-electron chi connectivity index (χ3n) is 7.73. The van der Waals surface area contributed by atoms with Gasteiger partial charge in [-0.2, -0.15) is 5.26 Å². The maximum Gasteiger partial charge on any atom is 0.276 e. The van der Waals surface area contributed by atoms with Crippen LogP contribution in [0.1, 0.15) is 36.6 Å². The molecule has 1 aliphatic rings. The highest BCUT2D eigenvalue weighted by Crippen LogP contribution is 2.47. The van der Waals surface area contributed by atoms with E-state index >= 15 is 0 Å². The largest absolute Gasteiger partial charge is 0.395 e. The molecule has 1 amide bonds. The molecule has 14 heteroatoms. The summed E-state index contributed by atoms with van der Waals surface area (Å²) in [7, 11) is 0. The van der Waals surface area contributed by atoms with Gasteiger partial charge in [0, 0.05) is 43.3 Å². The Morgan fingerprint density at radius 1 is 1.13 bits per heavy atom. The lowest BCUT2D eigenvalue weighted by molar-refractivity contribution is -0.126. The van der Waals surface area contributed by atoms with E-state index in [2.05, 4.69) is 17.6 Å². The maximum absolute atomic E-state index is 14.6. The first-order chi connectivity index (χ1) is 21.3. The SMILES string of the molecule is C=CC(=O)N1CCN(c2c(C#N)c(=O)n(-c3c(C)ccnc3C(C)C)c3nc(-c4c(Cl)c(N)c(F)c(Cl)c4Cl)c(Cl)cc23)CC1. The molecule has 3 aromatic heterocycles. The summed E-state index contributed by atoms with van der Waals surface area (Å²) in [5.74, 6) is -1.33. The van der Waals surface area contributed by atoms with E-state index in [0.29, 0.717) is 54.2 Å². The Kier molecular flexibility index (Phi) is 9.02. The van der Waals surface area contributed by atoms with Gasteiger partial charge >= 0.3 is 0 Å². The Labute approximate surface area is 278 Å². The second kappa shape index (κ2) is 12.5. The van der Waals surface area contributed by atoms with E-state index in [9.17, 15) is 19.2 Å². The molecule has 0 spiro atoms. The molecule has 0 saturated carbocycles. The number of nitrogen functional groups attached to an aromatic ring is 1. The number of amides is 1. The van der Waals surface area contributed by atoms with Gasteiger partial charge < -0.3 is 15.5 Å². The van der Waals surface area contributed by atoms with Gasteiger partial charge in [-0.25, -0.2) is 9.37 Å². The number of piperazine rings is 1. The smallest absolute Gasteiger partial charge is 0.276 e. The number of nitrogens with two attached hydrogens (primary N) is 1. The quantitative estimate of drug-likeness (QED) is 0.105. The average molecular weight is 689 g/mol. The predicted octanol–water partition coefficient (Wildman–Crippen LogP) is 6.92. The lowest BCUT2D eigenvalue weighted by Crippen LogP contribution is -2.49. The van der Waals surface area contributed by atoms with Gasteiger partial charge in [-0.15, -0.1) is 0 Å². The molecule has 0 atom stereocenters. The predicted molar refractivity (Wildman–Crippen MR) is 178 cm³/mol. The van der Waals surface area contributed by atoms with Gasteiger partial charge in [0.15, 0.2) is 5.82 Å². The van der Waals surface area contributed by atoms with Crippen molar-refractivity contribution in [3.63, 3.8) is 0 Å².